The summed E-state index contributed by atoms with van der Waals surface area (Å²) in [5.41, 5.74) is -0.0239. The van der Waals surface area contributed by atoms with E-state index in [4.69, 9.17) is 0 Å². The van der Waals surface area contributed by atoms with Crippen molar-refractivity contribution in [1.82, 2.24) is 5.32 Å². The fourth-order valence-electron chi connectivity index (χ4n) is 1.38. The Morgan fingerprint density at radius 1 is 1.41 bits per heavy atom. The van der Waals surface area contributed by atoms with E-state index >= 15 is 0 Å². The first-order chi connectivity index (χ1) is 8.04. The van der Waals surface area contributed by atoms with Crippen LogP contribution >= 0.6 is 0 Å². The highest BCUT2D eigenvalue weighted by molar-refractivity contribution is 5.69. The molecule has 5 heteroatoms. The van der Waals surface area contributed by atoms with E-state index in [0.29, 0.717) is 0 Å². The Kier molecular flexibility index (Phi) is 5.03. The highest BCUT2D eigenvalue weighted by Crippen LogP contribution is 2.11. The second kappa shape index (κ2) is 6.30. The molecule has 1 rings (SSSR count). The molecule has 1 aromatic carbocycles. The number of esters is 1. The summed E-state index contributed by atoms with van der Waals surface area (Å²) in [7, 11) is 1.30. The third-order valence-electron chi connectivity index (χ3n) is 2.39. The molecule has 0 aliphatic heterocycles. The molecule has 0 aliphatic carbocycles. The smallest absolute Gasteiger partial charge is 0.307 e. The second-order valence-corrected chi connectivity index (χ2v) is 3.76. The predicted octanol–water partition coefficient (Wildman–Crippen LogP) is 2.01. The molecule has 94 valence electrons. The molecule has 0 aromatic heterocycles. The number of carbonyl (C=O) groups excluding carboxylic acids is 1. The van der Waals surface area contributed by atoms with Crippen molar-refractivity contribution in [2.75, 3.05) is 7.11 Å². The molecular formula is C12H15F2NO2. The number of rotatable bonds is 5. The summed E-state index contributed by atoms with van der Waals surface area (Å²) in [6, 6.07) is 3.50. The third-order valence-corrected chi connectivity index (χ3v) is 2.39. The first-order valence-electron chi connectivity index (χ1n) is 5.27. The van der Waals surface area contributed by atoms with Gasteiger partial charge in [-0.1, -0.05) is 6.07 Å². The number of ether oxygens (including phenoxy) is 1. The molecule has 1 atom stereocenters. The van der Waals surface area contributed by atoms with E-state index < -0.39 is 11.6 Å². The summed E-state index contributed by atoms with van der Waals surface area (Å²) >= 11 is 0. The molecule has 0 aliphatic rings. The van der Waals surface area contributed by atoms with Gasteiger partial charge in [0, 0.05) is 18.2 Å². The van der Waals surface area contributed by atoms with E-state index in [1.54, 1.807) is 6.92 Å². The largest absolute Gasteiger partial charge is 0.469 e. The summed E-state index contributed by atoms with van der Waals surface area (Å²) < 4.78 is 31.0. The lowest BCUT2D eigenvalue weighted by Gasteiger charge is -2.13. The third kappa shape index (κ3) is 4.11. The summed E-state index contributed by atoms with van der Waals surface area (Å²) in [6.07, 6.45) is 0.159. The van der Waals surface area contributed by atoms with Crippen molar-refractivity contribution < 1.29 is 18.3 Å². The fraction of sp³-hybridized carbons (Fsp3) is 0.417. The van der Waals surface area contributed by atoms with Crippen LogP contribution in [0.2, 0.25) is 0 Å². The minimum Gasteiger partial charge on any atom is -0.469 e. The van der Waals surface area contributed by atoms with Crippen molar-refractivity contribution in [3.63, 3.8) is 0 Å². The van der Waals surface area contributed by atoms with Crippen LogP contribution in [0.25, 0.3) is 0 Å². The lowest BCUT2D eigenvalue weighted by molar-refractivity contribution is -0.141. The lowest BCUT2D eigenvalue weighted by atomic mass is 10.1. The molecule has 0 bridgehead atoms. The molecule has 1 N–H and O–H groups in total. The van der Waals surface area contributed by atoms with Crippen LogP contribution in [0.3, 0.4) is 0 Å². The maximum Gasteiger partial charge on any atom is 0.307 e. The zero-order chi connectivity index (χ0) is 12.8. The lowest BCUT2D eigenvalue weighted by Crippen LogP contribution is -2.29. The van der Waals surface area contributed by atoms with Crippen molar-refractivity contribution in [3.05, 3.63) is 35.4 Å². The minimum absolute atomic E-state index is 0.0239. The van der Waals surface area contributed by atoms with E-state index in [1.807, 2.05) is 0 Å². The van der Waals surface area contributed by atoms with E-state index in [2.05, 4.69) is 10.1 Å². The van der Waals surface area contributed by atoms with Crippen LogP contribution in [0.5, 0.6) is 0 Å². The number of hydrogen-bond donors (Lipinski definition) is 1. The van der Waals surface area contributed by atoms with E-state index in [0.717, 1.165) is 0 Å². The van der Waals surface area contributed by atoms with E-state index in [9.17, 15) is 13.6 Å². The monoisotopic (exact) mass is 243 g/mol. The van der Waals surface area contributed by atoms with Gasteiger partial charge >= 0.3 is 5.97 Å². The number of benzene rings is 1. The Bertz CT molecular complexity index is 376. The first kappa shape index (κ1) is 13.6. The molecule has 0 fully saturated rings. The Hall–Kier alpha value is -1.49. The van der Waals surface area contributed by atoms with Crippen LogP contribution < -0.4 is 5.32 Å². The van der Waals surface area contributed by atoms with Gasteiger partial charge in [0.15, 0.2) is 0 Å². The van der Waals surface area contributed by atoms with Crippen molar-refractivity contribution in [3.8, 4) is 0 Å². The zero-order valence-corrected chi connectivity index (χ0v) is 9.80. The molecule has 0 spiro atoms. The average Bonchev–Trinajstić information content (AvgIpc) is 2.28. The van der Waals surface area contributed by atoms with Gasteiger partial charge in [0.05, 0.1) is 13.5 Å². The molecule has 17 heavy (non-hydrogen) atoms. The van der Waals surface area contributed by atoms with Gasteiger partial charge in [0.2, 0.25) is 0 Å². The van der Waals surface area contributed by atoms with Crippen LogP contribution in [0.15, 0.2) is 18.2 Å². The van der Waals surface area contributed by atoms with Crippen molar-refractivity contribution in [2.45, 2.75) is 25.9 Å². The number of halogens is 2. The molecule has 0 radical (unpaired) electrons. The van der Waals surface area contributed by atoms with Crippen molar-refractivity contribution >= 4 is 5.97 Å². The van der Waals surface area contributed by atoms with Crippen LogP contribution in [0, 0.1) is 11.6 Å². The zero-order valence-electron chi connectivity index (χ0n) is 9.80. The topological polar surface area (TPSA) is 38.3 Å². The van der Waals surface area contributed by atoms with Crippen LogP contribution in [-0.4, -0.2) is 19.1 Å². The van der Waals surface area contributed by atoms with Crippen LogP contribution in [-0.2, 0) is 16.1 Å². The molecular weight excluding hydrogens is 228 g/mol. The van der Waals surface area contributed by atoms with Gasteiger partial charge in [-0.3, -0.25) is 4.79 Å². The Balaban J connectivity index is 2.53. The standard InChI is InChI=1S/C12H15F2NO2/c1-8(6-12(16)17-2)15-7-9-10(13)4-3-5-11(9)14/h3-5,8,15H,6-7H2,1-2H3. The molecule has 0 heterocycles. The van der Waals surface area contributed by atoms with Crippen molar-refractivity contribution in [2.24, 2.45) is 0 Å². The van der Waals surface area contributed by atoms with Crippen LogP contribution in [0.4, 0.5) is 8.78 Å². The Labute approximate surface area is 98.8 Å². The Morgan fingerprint density at radius 3 is 2.53 bits per heavy atom. The first-order valence-corrected chi connectivity index (χ1v) is 5.27. The van der Waals surface area contributed by atoms with Gasteiger partial charge in [-0.25, -0.2) is 8.78 Å². The summed E-state index contributed by atoms with van der Waals surface area (Å²) in [5, 5.41) is 2.86. The van der Waals surface area contributed by atoms with Crippen molar-refractivity contribution in [1.29, 1.82) is 0 Å². The fourth-order valence-corrected chi connectivity index (χ4v) is 1.38. The number of hydrogen-bond acceptors (Lipinski definition) is 3. The maximum atomic E-state index is 13.3. The number of methoxy groups -OCH3 is 1. The number of nitrogens with one attached hydrogen (secondary N) is 1. The molecule has 1 aromatic rings. The molecule has 3 nitrogen and oxygen atoms in total. The summed E-state index contributed by atoms with van der Waals surface area (Å²) in [4.78, 5) is 11.0. The molecule has 1 unspecified atom stereocenters. The van der Waals surface area contributed by atoms with Crippen LogP contribution in [0.1, 0.15) is 18.9 Å². The average molecular weight is 243 g/mol. The quantitative estimate of drug-likeness (QED) is 0.804. The molecule has 0 amide bonds. The highest BCUT2D eigenvalue weighted by Gasteiger charge is 2.12. The van der Waals surface area contributed by atoms with Gasteiger partial charge in [0.1, 0.15) is 11.6 Å². The second-order valence-electron chi connectivity index (χ2n) is 3.76. The molecule has 0 saturated heterocycles. The van der Waals surface area contributed by atoms with E-state index in [1.165, 1.54) is 25.3 Å². The van der Waals surface area contributed by atoms with Gasteiger partial charge in [0.25, 0.3) is 0 Å². The number of carbonyl (C=O) groups is 1. The Morgan fingerprint density at radius 2 is 2.00 bits per heavy atom. The van der Waals surface area contributed by atoms with Gasteiger partial charge < -0.3 is 10.1 Å². The highest BCUT2D eigenvalue weighted by atomic mass is 19.1. The SMILES string of the molecule is COC(=O)CC(C)NCc1c(F)cccc1F. The van der Waals surface area contributed by atoms with E-state index in [-0.39, 0.29) is 30.5 Å². The van der Waals surface area contributed by atoms with Gasteiger partial charge in [-0.15, -0.1) is 0 Å². The minimum atomic E-state index is -0.595. The molecule has 0 saturated carbocycles. The normalized spacial score (nSPS) is 12.2. The predicted molar refractivity (Wildman–Crippen MR) is 59.3 cm³/mol. The van der Waals surface area contributed by atoms with Gasteiger partial charge in [-0.2, -0.15) is 0 Å². The summed E-state index contributed by atoms with van der Waals surface area (Å²) in [6.45, 7) is 1.78. The summed E-state index contributed by atoms with van der Waals surface area (Å²) in [5.74, 6) is -1.55. The van der Waals surface area contributed by atoms with Gasteiger partial charge in [-0.05, 0) is 19.1 Å². The maximum absolute atomic E-state index is 13.3.